The van der Waals surface area contributed by atoms with E-state index < -0.39 is 0 Å². The van der Waals surface area contributed by atoms with Crippen molar-refractivity contribution in [3.63, 3.8) is 0 Å². The zero-order valence-corrected chi connectivity index (χ0v) is 7.51. The summed E-state index contributed by atoms with van der Waals surface area (Å²) in [6.07, 6.45) is 0. The van der Waals surface area contributed by atoms with E-state index in [0.717, 1.165) is 5.06 Å². The SMILES string of the molecule is CNC(=S)N(O)c1ccccc1. The molecule has 4 heteroatoms. The molecule has 0 aromatic heterocycles. The molecule has 64 valence electrons. The number of rotatable bonds is 1. The van der Waals surface area contributed by atoms with Crippen molar-refractivity contribution in [2.45, 2.75) is 0 Å². The number of hydroxylamine groups is 1. The lowest BCUT2D eigenvalue weighted by molar-refractivity contribution is 0.311. The Morgan fingerprint density at radius 2 is 2.00 bits per heavy atom. The number of anilines is 1. The van der Waals surface area contributed by atoms with Crippen LogP contribution in [0, 0.1) is 0 Å². The molecule has 0 saturated carbocycles. The van der Waals surface area contributed by atoms with Crippen molar-refractivity contribution in [2.75, 3.05) is 12.1 Å². The molecule has 0 saturated heterocycles. The van der Waals surface area contributed by atoms with Crippen LogP contribution in [-0.2, 0) is 0 Å². The average Bonchev–Trinajstić information content (AvgIpc) is 2.17. The van der Waals surface area contributed by atoms with E-state index in [9.17, 15) is 5.21 Å². The average molecular weight is 182 g/mol. The Morgan fingerprint density at radius 3 is 2.50 bits per heavy atom. The van der Waals surface area contributed by atoms with Gasteiger partial charge in [-0.2, -0.15) is 5.06 Å². The summed E-state index contributed by atoms with van der Waals surface area (Å²) in [5, 5.41) is 13.3. The van der Waals surface area contributed by atoms with E-state index in [2.05, 4.69) is 5.32 Å². The molecule has 0 bridgehead atoms. The minimum atomic E-state index is 0.279. The third-order valence-corrected chi connectivity index (χ3v) is 1.78. The first-order valence-electron chi connectivity index (χ1n) is 3.51. The number of para-hydroxylation sites is 1. The van der Waals surface area contributed by atoms with Gasteiger partial charge in [0.15, 0.2) is 5.11 Å². The molecule has 0 amide bonds. The van der Waals surface area contributed by atoms with Crippen LogP contribution in [-0.4, -0.2) is 17.4 Å². The third kappa shape index (κ3) is 1.93. The van der Waals surface area contributed by atoms with Gasteiger partial charge in [0.05, 0.1) is 5.69 Å². The number of hydrogen-bond acceptors (Lipinski definition) is 2. The van der Waals surface area contributed by atoms with Crippen LogP contribution in [0.1, 0.15) is 0 Å². The van der Waals surface area contributed by atoms with Gasteiger partial charge in [0, 0.05) is 7.05 Å². The molecule has 12 heavy (non-hydrogen) atoms. The fourth-order valence-corrected chi connectivity index (χ4v) is 0.898. The molecule has 0 aliphatic heterocycles. The van der Waals surface area contributed by atoms with E-state index in [-0.39, 0.29) is 5.11 Å². The minimum absolute atomic E-state index is 0.279. The monoisotopic (exact) mass is 182 g/mol. The molecule has 0 spiro atoms. The lowest BCUT2D eigenvalue weighted by atomic mass is 10.3. The van der Waals surface area contributed by atoms with Crippen molar-refractivity contribution in [3.8, 4) is 0 Å². The second kappa shape index (κ2) is 4.04. The highest BCUT2D eigenvalue weighted by Gasteiger charge is 2.04. The van der Waals surface area contributed by atoms with Gasteiger partial charge in [0.1, 0.15) is 0 Å². The molecule has 0 aliphatic rings. The van der Waals surface area contributed by atoms with E-state index in [4.69, 9.17) is 12.2 Å². The Morgan fingerprint density at radius 1 is 1.42 bits per heavy atom. The van der Waals surface area contributed by atoms with Gasteiger partial charge in [-0.15, -0.1) is 0 Å². The number of nitrogens with one attached hydrogen (secondary N) is 1. The molecule has 0 fully saturated rings. The molecule has 3 nitrogen and oxygen atoms in total. The Balaban J connectivity index is 2.78. The first-order valence-corrected chi connectivity index (χ1v) is 3.92. The number of hydrogen-bond donors (Lipinski definition) is 2. The van der Waals surface area contributed by atoms with Crippen LogP contribution in [0.2, 0.25) is 0 Å². The van der Waals surface area contributed by atoms with Crippen molar-refractivity contribution < 1.29 is 5.21 Å². The Labute approximate surface area is 76.6 Å². The van der Waals surface area contributed by atoms with Crippen molar-refractivity contribution >= 4 is 23.0 Å². The van der Waals surface area contributed by atoms with Gasteiger partial charge < -0.3 is 5.32 Å². The predicted molar refractivity (Wildman–Crippen MR) is 52.4 cm³/mol. The summed E-state index contributed by atoms with van der Waals surface area (Å²) >= 11 is 4.82. The lowest BCUT2D eigenvalue weighted by Crippen LogP contribution is -2.34. The first kappa shape index (κ1) is 8.96. The molecule has 2 N–H and O–H groups in total. The zero-order chi connectivity index (χ0) is 8.97. The molecule has 1 aromatic rings. The summed E-state index contributed by atoms with van der Waals surface area (Å²) < 4.78 is 0. The molecule has 0 heterocycles. The quantitative estimate of drug-likeness (QED) is 0.508. The first-order chi connectivity index (χ1) is 5.75. The lowest BCUT2D eigenvalue weighted by Gasteiger charge is -2.16. The highest BCUT2D eigenvalue weighted by atomic mass is 32.1. The fraction of sp³-hybridized carbons (Fsp3) is 0.125. The predicted octanol–water partition coefficient (Wildman–Crippen LogP) is 1.39. The van der Waals surface area contributed by atoms with Gasteiger partial charge in [0.25, 0.3) is 0 Å². The van der Waals surface area contributed by atoms with E-state index in [1.165, 1.54) is 0 Å². The van der Waals surface area contributed by atoms with E-state index >= 15 is 0 Å². The maximum Gasteiger partial charge on any atom is 0.197 e. The Bertz CT molecular complexity index is 263. The van der Waals surface area contributed by atoms with E-state index in [0.29, 0.717) is 5.69 Å². The molecule has 1 aromatic carbocycles. The van der Waals surface area contributed by atoms with Crippen LogP contribution < -0.4 is 10.4 Å². The molecule has 1 rings (SSSR count). The van der Waals surface area contributed by atoms with Crippen LogP contribution in [0.5, 0.6) is 0 Å². The second-order valence-electron chi connectivity index (χ2n) is 2.20. The molecular weight excluding hydrogens is 172 g/mol. The molecule has 0 aliphatic carbocycles. The maximum absolute atomic E-state index is 9.42. The summed E-state index contributed by atoms with van der Waals surface area (Å²) in [5.74, 6) is 0. The van der Waals surface area contributed by atoms with Crippen LogP contribution in [0.3, 0.4) is 0 Å². The van der Waals surface area contributed by atoms with Crippen molar-refractivity contribution in [2.24, 2.45) is 0 Å². The summed E-state index contributed by atoms with van der Waals surface area (Å²) in [4.78, 5) is 0. The van der Waals surface area contributed by atoms with Crippen LogP contribution in [0.4, 0.5) is 5.69 Å². The molecule has 0 radical (unpaired) electrons. The standard InChI is InChI=1S/C8H10N2OS/c1-9-8(12)10(11)7-5-3-2-4-6-7/h2-6,11H,1H3,(H,9,12). The van der Waals surface area contributed by atoms with Gasteiger partial charge in [-0.3, -0.25) is 5.21 Å². The van der Waals surface area contributed by atoms with Crippen molar-refractivity contribution in [1.29, 1.82) is 0 Å². The van der Waals surface area contributed by atoms with Gasteiger partial charge in [-0.1, -0.05) is 18.2 Å². The van der Waals surface area contributed by atoms with E-state index in [1.807, 2.05) is 18.2 Å². The summed E-state index contributed by atoms with van der Waals surface area (Å²) in [6.45, 7) is 0. The minimum Gasteiger partial charge on any atom is -0.364 e. The van der Waals surface area contributed by atoms with Gasteiger partial charge >= 0.3 is 0 Å². The summed E-state index contributed by atoms with van der Waals surface area (Å²) in [5.41, 5.74) is 0.650. The summed E-state index contributed by atoms with van der Waals surface area (Å²) in [7, 11) is 1.66. The van der Waals surface area contributed by atoms with Crippen LogP contribution in [0.25, 0.3) is 0 Å². The Hall–Kier alpha value is -1.13. The largest absolute Gasteiger partial charge is 0.364 e. The van der Waals surface area contributed by atoms with Crippen molar-refractivity contribution in [1.82, 2.24) is 5.32 Å². The van der Waals surface area contributed by atoms with Gasteiger partial charge in [-0.05, 0) is 24.4 Å². The topological polar surface area (TPSA) is 35.5 Å². The molecule has 0 atom stereocenters. The normalized spacial score (nSPS) is 9.17. The van der Waals surface area contributed by atoms with Crippen LogP contribution >= 0.6 is 12.2 Å². The maximum atomic E-state index is 9.42. The van der Waals surface area contributed by atoms with Crippen molar-refractivity contribution in [3.05, 3.63) is 30.3 Å². The van der Waals surface area contributed by atoms with Crippen LogP contribution in [0.15, 0.2) is 30.3 Å². The van der Waals surface area contributed by atoms with E-state index in [1.54, 1.807) is 19.2 Å². The van der Waals surface area contributed by atoms with Gasteiger partial charge in [0.2, 0.25) is 0 Å². The number of nitrogens with zero attached hydrogens (tertiary/aromatic N) is 1. The van der Waals surface area contributed by atoms with Gasteiger partial charge in [-0.25, -0.2) is 0 Å². The zero-order valence-electron chi connectivity index (χ0n) is 6.69. The fourth-order valence-electron chi connectivity index (χ4n) is 0.792. The highest BCUT2D eigenvalue weighted by Crippen LogP contribution is 2.10. The summed E-state index contributed by atoms with van der Waals surface area (Å²) in [6, 6.07) is 9.07. The smallest absolute Gasteiger partial charge is 0.197 e. The Kier molecular flexibility index (Phi) is 3.01. The highest BCUT2D eigenvalue weighted by molar-refractivity contribution is 7.80. The number of thiocarbonyl (C=S) groups is 1. The second-order valence-corrected chi connectivity index (χ2v) is 2.59. The third-order valence-electron chi connectivity index (χ3n) is 1.41. The number of benzene rings is 1. The molecular formula is C8H10N2OS. The molecule has 0 unspecified atom stereocenters.